The van der Waals surface area contributed by atoms with E-state index >= 15 is 0 Å². The van der Waals surface area contributed by atoms with Crippen LogP contribution in [0.25, 0.3) is 0 Å². The zero-order valence-corrected chi connectivity index (χ0v) is 9.90. The van der Waals surface area contributed by atoms with Crippen LogP contribution in [-0.2, 0) is 11.3 Å². The number of aromatic nitrogens is 2. The summed E-state index contributed by atoms with van der Waals surface area (Å²) in [5.41, 5.74) is 0. The molecule has 5 nitrogen and oxygen atoms in total. The molecule has 2 heterocycles. The second-order valence-corrected chi connectivity index (χ2v) is 4.46. The maximum atomic E-state index is 5.63. The van der Waals surface area contributed by atoms with Crippen LogP contribution in [0.5, 0.6) is 0 Å². The van der Waals surface area contributed by atoms with Crippen LogP contribution in [-0.4, -0.2) is 29.5 Å². The fraction of sp³-hybridized carbons (Fsp3) is 0.818. The van der Waals surface area contributed by atoms with Gasteiger partial charge in [-0.25, -0.2) is 0 Å². The molecule has 0 radical (unpaired) electrons. The van der Waals surface area contributed by atoms with Gasteiger partial charge in [0.15, 0.2) is 0 Å². The molecule has 0 bridgehead atoms. The molecule has 1 saturated heterocycles. The number of ether oxygens (including phenoxy) is 1. The second-order valence-electron chi connectivity index (χ2n) is 4.46. The van der Waals surface area contributed by atoms with Crippen LogP contribution in [0.2, 0.25) is 0 Å². The van der Waals surface area contributed by atoms with Crippen molar-refractivity contribution in [1.29, 1.82) is 0 Å². The monoisotopic (exact) mass is 225 g/mol. The lowest BCUT2D eigenvalue weighted by Gasteiger charge is -2.18. The molecule has 0 aromatic carbocycles. The lowest BCUT2D eigenvalue weighted by atomic mass is 10.0. The van der Waals surface area contributed by atoms with Gasteiger partial charge in [0.25, 0.3) is 0 Å². The summed E-state index contributed by atoms with van der Waals surface area (Å²) in [4.78, 5) is 0. The average Bonchev–Trinajstić information content (AvgIpc) is 2.76. The molecule has 1 N–H and O–H groups in total. The SMILES string of the molecule is CC(C)NCc1nnc(C2CCOCC2)o1. The molecule has 0 atom stereocenters. The maximum absolute atomic E-state index is 5.63. The van der Waals surface area contributed by atoms with E-state index in [0.717, 1.165) is 31.9 Å². The lowest BCUT2D eigenvalue weighted by Crippen LogP contribution is -2.21. The van der Waals surface area contributed by atoms with E-state index in [1.807, 2.05) is 0 Å². The molecule has 1 aliphatic rings. The Morgan fingerprint density at radius 3 is 2.75 bits per heavy atom. The summed E-state index contributed by atoms with van der Waals surface area (Å²) in [6.07, 6.45) is 1.97. The molecule has 2 rings (SSSR count). The van der Waals surface area contributed by atoms with Crippen LogP contribution in [0.3, 0.4) is 0 Å². The van der Waals surface area contributed by atoms with E-state index in [9.17, 15) is 0 Å². The normalized spacial score (nSPS) is 18.2. The zero-order chi connectivity index (χ0) is 11.4. The number of nitrogens with one attached hydrogen (secondary N) is 1. The van der Waals surface area contributed by atoms with Crippen molar-refractivity contribution in [3.8, 4) is 0 Å². The van der Waals surface area contributed by atoms with Gasteiger partial charge in [0.1, 0.15) is 0 Å². The fourth-order valence-corrected chi connectivity index (χ4v) is 1.74. The Hall–Kier alpha value is -0.940. The van der Waals surface area contributed by atoms with Gasteiger partial charge in [-0.3, -0.25) is 0 Å². The quantitative estimate of drug-likeness (QED) is 0.840. The Labute approximate surface area is 95.6 Å². The summed E-state index contributed by atoms with van der Waals surface area (Å²) in [5, 5.41) is 11.4. The molecular weight excluding hydrogens is 206 g/mol. The maximum Gasteiger partial charge on any atom is 0.230 e. The number of hydrogen-bond acceptors (Lipinski definition) is 5. The van der Waals surface area contributed by atoms with E-state index in [1.165, 1.54) is 0 Å². The van der Waals surface area contributed by atoms with E-state index in [4.69, 9.17) is 9.15 Å². The summed E-state index contributed by atoms with van der Waals surface area (Å²) < 4.78 is 10.9. The summed E-state index contributed by atoms with van der Waals surface area (Å²) in [5.74, 6) is 1.83. The van der Waals surface area contributed by atoms with Crippen molar-refractivity contribution in [3.63, 3.8) is 0 Å². The number of hydrogen-bond donors (Lipinski definition) is 1. The highest BCUT2D eigenvalue weighted by Crippen LogP contribution is 2.25. The fourth-order valence-electron chi connectivity index (χ4n) is 1.74. The second kappa shape index (κ2) is 5.41. The van der Waals surface area contributed by atoms with Gasteiger partial charge in [0.05, 0.1) is 6.54 Å². The molecule has 90 valence electrons. The van der Waals surface area contributed by atoms with E-state index in [1.54, 1.807) is 0 Å². The summed E-state index contributed by atoms with van der Waals surface area (Å²) in [6.45, 7) is 6.43. The largest absolute Gasteiger partial charge is 0.424 e. The lowest BCUT2D eigenvalue weighted by molar-refractivity contribution is 0.0791. The van der Waals surface area contributed by atoms with Crippen molar-refractivity contribution in [2.45, 2.75) is 45.2 Å². The highest BCUT2D eigenvalue weighted by atomic mass is 16.5. The Morgan fingerprint density at radius 1 is 1.31 bits per heavy atom. The minimum Gasteiger partial charge on any atom is -0.424 e. The van der Waals surface area contributed by atoms with Crippen molar-refractivity contribution in [2.75, 3.05) is 13.2 Å². The highest BCUT2D eigenvalue weighted by Gasteiger charge is 2.21. The van der Waals surface area contributed by atoms with Crippen LogP contribution < -0.4 is 5.32 Å². The Balaban J connectivity index is 1.90. The molecule has 0 spiro atoms. The molecule has 0 unspecified atom stereocenters. The Bertz CT molecular complexity index is 319. The number of nitrogens with zero attached hydrogens (tertiary/aromatic N) is 2. The molecule has 16 heavy (non-hydrogen) atoms. The zero-order valence-electron chi connectivity index (χ0n) is 9.90. The van der Waals surface area contributed by atoms with Gasteiger partial charge in [0.2, 0.25) is 11.8 Å². The third kappa shape index (κ3) is 3.02. The minimum absolute atomic E-state index is 0.383. The first-order valence-corrected chi connectivity index (χ1v) is 5.89. The number of rotatable bonds is 4. The third-order valence-electron chi connectivity index (χ3n) is 2.71. The van der Waals surface area contributed by atoms with Gasteiger partial charge in [0, 0.05) is 25.2 Å². The van der Waals surface area contributed by atoms with Crippen LogP contribution in [0.4, 0.5) is 0 Å². The molecule has 1 aromatic heterocycles. The van der Waals surface area contributed by atoms with Crippen LogP contribution >= 0.6 is 0 Å². The predicted octanol–water partition coefficient (Wildman–Crippen LogP) is 1.46. The van der Waals surface area contributed by atoms with E-state index < -0.39 is 0 Å². The highest BCUT2D eigenvalue weighted by molar-refractivity contribution is 4.92. The first-order valence-electron chi connectivity index (χ1n) is 5.89. The van der Waals surface area contributed by atoms with Crippen molar-refractivity contribution in [3.05, 3.63) is 11.8 Å². The van der Waals surface area contributed by atoms with Gasteiger partial charge in [-0.05, 0) is 12.8 Å². The van der Waals surface area contributed by atoms with Crippen molar-refractivity contribution >= 4 is 0 Å². The van der Waals surface area contributed by atoms with Gasteiger partial charge < -0.3 is 14.5 Å². The van der Waals surface area contributed by atoms with Crippen LogP contribution in [0, 0.1) is 0 Å². The molecule has 5 heteroatoms. The van der Waals surface area contributed by atoms with E-state index in [-0.39, 0.29) is 0 Å². The van der Waals surface area contributed by atoms with Crippen LogP contribution in [0.15, 0.2) is 4.42 Å². The molecular formula is C11H19N3O2. The van der Waals surface area contributed by atoms with E-state index in [0.29, 0.717) is 24.4 Å². The van der Waals surface area contributed by atoms with Crippen LogP contribution in [0.1, 0.15) is 44.4 Å². The van der Waals surface area contributed by atoms with Gasteiger partial charge in [-0.1, -0.05) is 13.8 Å². The van der Waals surface area contributed by atoms with Gasteiger partial charge in [-0.2, -0.15) is 0 Å². The predicted molar refractivity (Wildman–Crippen MR) is 59.1 cm³/mol. The average molecular weight is 225 g/mol. The molecule has 1 aliphatic heterocycles. The Kier molecular flexibility index (Phi) is 3.90. The van der Waals surface area contributed by atoms with Gasteiger partial charge in [-0.15, -0.1) is 10.2 Å². The molecule has 1 fully saturated rings. The minimum atomic E-state index is 0.383. The first kappa shape index (κ1) is 11.5. The standard InChI is InChI=1S/C11H19N3O2/c1-8(2)12-7-10-13-14-11(16-10)9-3-5-15-6-4-9/h8-9,12H,3-7H2,1-2H3. The summed E-state index contributed by atoms with van der Waals surface area (Å²) in [7, 11) is 0. The molecule has 1 aromatic rings. The van der Waals surface area contributed by atoms with Gasteiger partial charge >= 0.3 is 0 Å². The smallest absolute Gasteiger partial charge is 0.230 e. The molecule has 0 amide bonds. The third-order valence-corrected chi connectivity index (χ3v) is 2.71. The van der Waals surface area contributed by atoms with Crippen molar-refractivity contribution < 1.29 is 9.15 Å². The van der Waals surface area contributed by atoms with E-state index in [2.05, 4.69) is 29.4 Å². The summed E-state index contributed by atoms with van der Waals surface area (Å²) in [6, 6.07) is 0.429. The topological polar surface area (TPSA) is 60.2 Å². The summed E-state index contributed by atoms with van der Waals surface area (Å²) >= 11 is 0. The molecule has 0 aliphatic carbocycles. The van der Waals surface area contributed by atoms with Crippen molar-refractivity contribution in [2.24, 2.45) is 0 Å². The molecule has 0 saturated carbocycles. The Morgan fingerprint density at radius 2 is 2.06 bits per heavy atom. The van der Waals surface area contributed by atoms with Crippen molar-refractivity contribution in [1.82, 2.24) is 15.5 Å². The first-order chi connectivity index (χ1) is 7.75.